The number of nitrogens with one attached hydrogen (secondary N) is 2. The van der Waals surface area contributed by atoms with Crippen molar-refractivity contribution in [3.63, 3.8) is 0 Å². The van der Waals surface area contributed by atoms with E-state index in [1.807, 2.05) is 12.1 Å². The van der Waals surface area contributed by atoms with Crippen molar-refractivity contribution in [2.24, 2.45) is 0 Å². The van der Waals surface area contributed by atoms with E-state index in [1.54, 1.807) is 14.2 Å². The topological polar surface area (TPSA) is 42.5 Å². The van der Waals surface area contributed by atoms with Crippen LogP contribution in [0.5, 0.6) is 11.5 Å². The second kappa shape index (κ2) is 6.36. The zero-order chi connectivity index (χ0) is 16.5. The summed E-state index contributed by atoms with van der Waals surface area (Å²) in [4.78, 5) is 0. The molecule has 0 spiro atoms. The monoisotopic (exact) mass is 324 g/mol. The Morgan fingerprint density at radius 2 is 1.83 bits per heavy atom. The molecule has 0 aliphatic carbocycles. The maximum Gasteiger partial charge on any atom is 0.126 e. The van der Waals surface area contributed by atoms with Crippen LogP contribution in [0.1, 0.15) is 24.3 Å². The number of ether oxygens (including phenoxy) is 2. The Bertz CT molecular complexity index is 744. The first-order valence-corrected chi connectivity index (χ1v) is 8.64. The standard InChI is InChI=1S/C20H24N2O2/c1-23-13-6-7-19(24-2)16(12-13)14-4-3-5-18-20(14)15-8-10-21-11-9-17(15)22-18/h3-7,12,15,17,21-22H,8-11H2,1-2H3/t15-,17-/m0/s1. The molecule has 4 rings (SSSR count). The maximum atomic E-state index is 5.63. The molecule has 0 amide bonds. The van der Waals surface area contributed by atoms with Crippen LogP contribution in [0.25, 0.3) is 11.1 Å². The molecule has 2 aromatic rings. The number of hydrogen-bond donors (Lipinski definition) is 2. The third kappa shape index (κ3) is 2.51. The lowest BCUT2D eigenvalue weighted by Gasteiger charge is -2.19. The fourth-order valence-corrected chi connectivity index (χ4v) is 4.11. The average molecular weight is 324 g/mol. The number of benzene rings is 2. The van der Waals surface area contributed by atoms with Gasteiger partial charge in [-0.15, -0.1) is 0 Å². The van der Waals surface area contributed by atoms with Crippen molar-refractivity contribution in [3.05, 3.63) is 42.0 Å². The molecule has 2 atom stereocenters. The molecule has 2 aromatic carbocycles. The Labute approximate surface area is 143 Å². The Morgan fingerprint density at radius 1 is 0.958 bits per heavy atom. The molecule has 2 N–H and O–H groups in total. The van der Waals surface area contributed by atoms with Crippen LogP contribution >= 0.6 is 0 Å². The summed E-state index contributed by atoms with van der Waals surface area (Å²) in [6.45, 7) is 2.16. The molecule has 126 valence electrons. The summed E-state index contributed by atoms with van der Waals surface area (Å²) in [5, 5.41) is 7.26. The minimum Gasteiger partial charge on any atom is -0.497 e. The highest BCUT2D eigenvalue weighted by Crippen LogP contribution is 2.47. The van der Waals surface area contributed by atoms with Crippen LogP contribution in [0.2, 0.25) is 0 Å². The van der Waals surface area contributed by atoms with Gasteiger partial charge in [0.2, 0.25) is 0 Å². The molecule has 0 saturated carbocycles. The van der Waals surface area contributed by atoms with Gasteiger partial charge in [0.25, 0.3) is 0 Å². The van der Waals surface area contributed by atoms with Crippen molar-refractivity contribution >= 4 is 5.69 Å². The Balaban J connectivity index is 1.86. The smallest absolute Gasteiger partial charge is 0.126 e. The van der Waals surface area contributed by atoms with Gasteiger partial charge in [0.05, 0.1) is 14.2 Å². The average Bonchev–Trinajstić information content (AvgIpc) is 2.82. The van der Waals surface area contributed by atoms with Crippen LogP contribution in [0, 0.1) is 0 Å². The number of anilines is 1. The SMILES string of the molecule is COc1ccc(OC)c(-c2cccc3c2[C@H]2CCNCC[C@@H]2N3)c1. The molecule has 0 aromatic heterocycles. The van der Waals surface area contributed by atoms with Crippen LogP contribution in [-0.2, 0) is 0 Å². The summed E-state index contributed by atoms with van der Waals surface area (Å²) in [7, 11) is 3.43. The van der Waals surface area contributed by atoms with Crippen molar-refractivity contribution in [3.8, 4) is 22.6 Å². The summed E-state index contributed by atoms with van der Waals surface area (Å²) in [5.41, 5.74) is 5.06. The van der Waals surface area contributed by atoms with Crippen molar-refractivity contribution in [2.45, 2.75) is 24.8 Å². The largest absolute Gasteiger partial charge is 0.497 e. The molecule has 0 radical (unpaired) electrons. The van der Waals surface area contributed by atoms with Gasteiger partial charge in [-0.25, -0.2) is 0 Å². The van der Waals surface area contributed by atoms with Crippen LogP contribution in [0.15, 0.2) is 36.4 Å². The summed E-state index contributed by atoms with van der Waals surface area (Å²) >= 11 is 0. The summed E-state index contributed by atoms with van der Waals surface area (Å²) in [6, 6.07) is 13.1. The summed E-state index contributed by atoms with van der Waals surface area (Å²) < 4.78 is 11.1. The minimum absolute atomic E-state index is 0.521. The molecular weight excluding hydrogens is 300 g/mol. The summed E-state index contributed by atoms with van der Waals surface area (Å²) in [5.74, 6) is 2.29. The highest BCUT2D eigenvalue weighted by molar-refractivity contribution is 5.81. The molecule has 2 heterocycles. The predicted octanol–water partition coefficient (Wildman–Crippen LogP) is 3.63. The van der Waals surface area contributed by atoms with E-state index < -0.39 is 0 Å². The molecular formula is C20H24N2O2. The zero-order valence-corrected chi connectivity index (χ0v) is 14.3. The first kappa shape index (κ1) is 15.3. The zero-order valence-electron chi connectivity index (χ0n) is 14.3. The Morgan fingerprint density at radius 3 is 2.67 bits per heavy atom. The van der Waals surface area contributed by atoms with Gasteiger partial charge in [-0.05, 0) is 61.3 Å². The highest BCUT2D eigenvalue weighted by Gasteiger charge is 2.35. The van der Waals surface area contributed by atoms with E-state index in [2.05, 4.69) is 34.9 Å². The van der Waals surface area contributed by atoms with Crippen LogP contribution < -0.4 is 20.1 Å². The number of hydrogen-bond acceptors (Lipinski definition) is 4. The Hall–Kier alpha value is -2.20. The van der Waals surface area contributed by atoms with Gasteiger partial charge in [-0.3, -0.25) is 0 Å². The maximum absolute atomic E-state index is 5.63. The van der Waals surface area contributed by atoms with Crippen molar-refractivity contribution < 1.29 is 9.47 Å². The van der Waals surface area contributed by atoms with E-state index in [-0.39, 0.29) is 0 Å². The molecule has 4 nitrogen and oxygen atoms in total. The molecule has 24 heavy (non-hydrogen) atoms. The minimum atomic E-state index is 0.521. The molecule has 1 saturated heterocycles. The normalized spacial score (nSPS) is 22.1. The lowest BCUT2D eigenvalue weighted by atomic mass is 9.85. The second-order valence-corrected chi connectivity index (χ2v) is 6.52. The quantitative estimate of drug-likeness (QED) is 0.905. The molecule has 4 heteroatoms. The van der Waals surface area contributed by atoms with E-state index >= 15 is 0 Å². The number of methoxy groups -OCH3 is 2. The van der Waals surface area contributed by atoms with E-state index in [0.717, 1.165) is 43.0 Å². The van der Waals surface area contributed by atoms with E-state index in [4.69, 9.17) is 9.47 Å². The second-order valence-electron chi connectivity index (χ2n) is 6.52. The predicted molar refractivity (Wildman–Crippen MR) is 97.2 cm³/mol. The van der Waals surface area contributed by atoms with Gasteiger partial charge >= 0.3 is 0 Å². The van der Waals surface area contributed by atoms with Crippen molar-refractivity contribution in [2.75, 3.05) is 32.6 Å². The van der Waals surface area contributed by atoms with Gasteiger partial charge in [0.1, 0.15) is 11.5 Å². The highest BCUT2D eigenvalue weighted by atomic mass is 16.5. The van der Waals surface area contributed by atoms with Gasteiger partial charge in [0.15, 0.2) is 0 Å². The van der Waals surface area contributed by atoms with Crippen LogP contribution in [0.3, 0.4) is 0 Å². The number of rotatable bonds is 3. The third-order valence-corrected chi connectivity index (χ3v) is 5.26. The van der Waals surface area contributed by atoms with Gasteiger partial charge in [-0.2, -0.15) is 0 Å². The number of fused-ring (bicyclic) bond motifs is 3. The first-order valence-electron chi connectivity index (χ1n) is 8.64. The fraction of sp³-hybridized carbons (Fsp3) is 0.400. The van der Waals surface area contributed by atoms with E-state index in [1.165, 1.54) is 16.8 Å². The molecule has 2 aliphatic rings. The third-order valence-electron chi connectivity index (χ3n) is 5.26. The van der Waals surface area contributed by atoms with Gasteiger partial charge in [-0.1, -0.05) is 12.1 Å². The van der Waals surface area contributed by atoms with Crippen LogP contribution in [-0.4, -0.2) is 33.4 Å². The summed E-state index contributed by atoms with van der Waals surface area (Å²) in [6.07, 6.45) is 2.32. The van der Waals surface area contributed by atoms with E-state index in [9.17, 15) is 0 Å². The van der Waals surface area contributed by atoms with Crippen molar-refractivity contribution in [1.82, 2.24) is 5.32 Å². The van der Waals surface area contributed by atoms with Gasteiger partial charge < -0.3 is 20.1 Å². The fourth-order valence-electron chi connectivity index (χ4n) is 4.11. The molecule has 0 bridgehead atoms. The Kier molecular flexibility index (Phi) is 4.07. The lowest BCUT2D eigenvalue weighted by Crippen LogP contribution is -2.21. The first-order chi connectivity index (χ1) is 11.8. The van der Waals surface area contributed by atoms with E-state index in [0.29, 0.717) is 12.0 Å². The molecule has 1 fully saturated rings. The lowest BCUT2D eigenvalue weighted by molar-refractivity contribution is 0.404. The molecule has 2 aliphatic heterocycles. The molecule has 0 unspecified atom stereocenters. The van der Waals surface area contributed by atoms with Crippen LogP contribution in [0.4, 0.5) is 5.69 Å². The van der Waals surface area contributed by atoms with Gasteiger partial charge in [0, 0.05) is 23.2 Å². The van der Waals surface area contributed by atoms with Crippen molar-refractivity contribution in [1.29, 1.82) is 0 Å².